The molecule has 5 nitrogen and oxygen atoms in total. The van der Waals surface area contributed by atoms with Crippen molar-refractivity contribution in [2.75, 3.05) is 17.2 Å². The van der Waals surface area contributed by atoms with Gasteiger partial charge < -0.3 is 10.2 Å². The molecule has 0 saturated carbocycles. The topological polar surface area (TPSA) is 66.5 Å². The first-order valence-electron chi connectivity index (χ1n) is 8.75. The molecule has 1 aliphatic heterocycles. The second kappa shape index (κ2) is 8.27. The number of carbonyl (C=O) groups is 2. The van der Waals surface area contributed by atoms with Gasteiger partial charge in [0.05, 0.1) is 27.9 Å². The lowest BCUT2D eigenvalue weighted by Crippen LogP contribution is -2.38. The first kappa shape index (κ1) is 18.3. The Balaban J connectivity index is 1.90. The van der Waals surface area contributed by atoms with Crippen LogP contribution in [0.3, 0.4) is 0 Å². The number of carbonyl (C=O) groups excluding carboxylic acids is 2. The van der Waals surface area contributed by atoms with Crippen LogP contribution in [0.5, 0.6) is 0 Å². The summed E-state index contributed by atoms with van der Waals surface area (Å²) in [6, 6.07) is 14.7. The standard InChI is InChI=1S/C20H22N2O3S/c1-2-3-11-21-20(24)16-9-10-18-17(12-16)22(19(23)14-26(18)25)13-15-7-5-4-6-8-15/h4-10,12H,2-3,11,13-14H2,1H3,(H,21,24)/t26-/m1/s1. The summed E-state index contributed by atoms with van der Waals surface area (Å²) in [6.07, 6.45) is 1.92. The number of amides is 2. The summed E-state index contributed by atoms with van der Waals surface area (Å²) in [7, 11) is -1.38. The highest BCUT2D eigenvalue weighted by Crippen LogP contribution is 2.31. The van der Waals surface area contributed by atoms with E-state index in [0.717, 1.165) is 18.4 Å². The van der Waals surface area contributed by atoms with E-state index in [0.29, 0.717) is 29.2 Å². The summed E-state index contributed by atoms with van der Waals surface area (Å²) in [5, 5.41) is 2.88. The van der Waals surface area contributed by atoms with Gasteiger partial charge in [-0.2, -0.15) is 0 Å². The fourth-order valence-corrected chi connectivity index (χ4v) is 4.04. The lowest BCUT2D eigenvalue weighted by Gasteiger charge is -2.29. The minimum Gasteiger partial charge on any atom is -0.352 e. The van der Waals surface area contributed by atoms with Gasteiger partial charge in [-0.1, -0.05) is 43.7 Å². The molecule has 2 aromatic carbocycles. The monoisotopic (exact) mass is 370 g/mol. The van der Waals surface area contributed by atoms with Gasteiger partial charge in [0.15, 0.2) is 0 Å². The van der Waals surface area contributed by atoms with E-state index in [9.17, 15) is 13.8 Å². The molecule has 3 rings (SSSR count). The van der Waals surface area contributed by atoms with Gasteiger partial charge in [-0.05, 0) is 30.2 Å². The van der Waals surface area contributed by atoms with Gasteiger partial charge >= 0.3 is 0 Å². The van der Waals surface area contributed by atoms with Gasteiger partial charge in [0.25, 0.3) is 5.91 Å². The molecule has 0 radical (unpaired) electrons. The highest BCUT2D eigenvalue weighted by atomic mass is 32.2. The maximum Gasteiger partial charge on any atom is 0.251 e. The third-order valence-electron chi connectivity index (χ3n) is 4.31. The Bertz CT molecular complexity index is 836. The minimum absolute atomic E-state index is 0.0259. The van der Waals surface area contributed by atoms with Crippen molar-refractivity contribution in [2.24, 2.45) is 0 Å². The van der Waals surface area contributed by atoms with Crippen molar-refractivity contribution >= 4 is 28.3 Å². The lowest BCUT2D eigenvalue weighted by molar-refractivity contribution is -0.116. The molecule has 2 amide bonds. The smallest absolute Gasteiger partial charge is 0.251 e. The normalized spacial score (nSPS) is 16.3. The Kier molecular flexibility index (Phi) is 5.83. The summed E-state index contributed by atoms with van der Waals surface area (Å²) >= 11 is 0. The van der Waals surface area contributed by atoms with Gasteiger partial charge in [0.2, 0.25) is 5.91 Å². The average molecular weight is 370 g/mol. The van der Waals surface area contributed by atoms with Crippen LogP contribution in [0, 0.1) is 0 Å². The predicted molar refractivity (Wildman–Crippen MR) is 103 cm³/mol. The second-order valence-electron chi connectivity index (χ2n) is 6.25. The number of benzene rings is 2. The quantitative estimate of drug-likeness (QED) is 0.795. The summed E-state index contributed by atoms with van der Waals surface area (Å²) < 4.78 is 12.3. The van der Waals surface area contributed by atoms with Crippen LogP contribution < -0.4 is 10.2 Å². The number of unbranched alkanes of at least 4 members (excludes halogenated alkanes) is 1. The Labute approximate surface area is 155 Å². The van der Waals surface area contributed by atoms with E-state index in [1.54, 1.807) is 23.1 Å². The Hall–Kier alpha value is -2.47. The van der Waals surface area contributed by atoms with Crippen molar-refractivity contribution in [3.63, 3.8) is 0 Å². The molecule has 136 valence electrons. The zero-order valence-corrected chi connectivity index (χ0v) is 15.6. The van der Waals surface area contributed by atoms with E-state index in [2.05, 4.69) is 12.2 Å². The molecule has 26 heavy (non-hydrogen) atoms. The summed E-state index contributed by atoms with van der Waals surface area (Å²) in [4.78, 5) is 27.1. The van der Waals surface area contributed by atoms with Crippen molar-refractivity contribution in [1.82, 2.24) is 5.32 Å². The Morgan fingerprint density at radius 2 is 1.96 bits per heavy atom. The molecule has 1 N–H and O–H groups in total. The number of fused-ring (bicyclic) bond motifs is 1. The molecular formula is C20H22N2O3S. The van der Waals surface area contributed by atoms with Crippen molar-refractivity contribution in [1.29, 1.82) is 0 Å². The second-order valence-corrected chi connectivity index (χ2v) is 7.67. The van der Waals surface area contributed by atoms with Crippen LogP contribution in [0.2, 0.25) is 0 Å². The van der Waals surface area contributed by atoms with Gasteiger partial charge in [-0.15, -0.1) is 0 Å². The van der Waals surface area contributed by atoms with E-state index in [1.165, 1.54) is 0 Å². The fraction of sp³-hybridized carbons (Fsp3) is 0.300. The first-order chi connectivity index (χ1) is 12.6. The summed E-state index contributed by atoms with van der Waals surface area (Å²) in [6.45, 7) is 3.07. The molecule has 1 aliphatic rings. The lowest BCUT2D eigenvalue weighted by atomic mass is 10.1. The number of nitrogens with zero attached hydrogens (tertiary/aromatic N) is 1. The molecule has 0 spiro atoms. The third kappa shape index (κ3) is 4.02. The zero-order valence-electron chi connectivity index (χ0n) is 14.7. The average Bonchev–Trinajstić information content (AvgIpc) is 2.65. The molecule has 2 aromatic rings. The predicted octanol–water partition coefficient (Wildman–Crippen LogP) is 2.87. The van der Waals surface area contributed by atoms with E-state index < -0.39 is 10.8 Å². The molecule has 0 fully saturated rings. The molecule has 0 aromatic heterocycles. The summed E-state index contributed by atoms with van der Waals surface area (Å²) in [5.41, 5.74) is 2.02. The number of hydrogen-bond donors (Lipinski definition) is 1. The summed E-state index contributed by atoms with van der Waals surface area (Å²) in [5.74, 6) is -0.394. The molecule has 0 saturated heterocycles. The third-order valence-corrected chi connectivity index (χ3v) is 5.66. The molecule has 0 bridgehead atoms. The minimum atomic E-state index is -1.38. The van der Waals surface area contributed by atoms with Crippen LogP contribution in [-0.4, -0.2) is 28.3 Å². The van der Waals surface area contributed by atoms with Gasteiger partial charge in [-0.3, -0.25) is 13.8 Å². The molecular weight excluding hydrogens is 348 g/mol. The van der Waals surface area contributed by atoms with Crippen molar-refractivity contribution in [3.05, 3.63) is 59.7 Å². The SMILES string of the molecule is CCCCNC(=O)c1ccc2c(c1)N(Cc1ccccc1)C(=O)C[S@]2=O. The van der Waals surface area contributed by atoms with Crippen LogP contribution in [-0.2, 0) is 22.1 Å². The van der Waals surface area contributed by atoms with E-state index in [-0.39, 0.29) is 17.6 Å². The van der Waals surface area contributed by atoms with Gasteiger partial charge in [0, 0.05) is 12.1 Å². The molecule has 6 heteroatoms. The van der Waals surface area contributed by atoms with Crippen molar-refractivity contribution in [3.8, 4) is 0 Å². The number of nitrogens with one attached hydrogen (secondary N) is 1. The number of anilines is 1. The molecule has 0 aliphatic carbocycles. The van der Waals surface area contributed by atoms with Crippen LogP contribution >= 0.6 is 0 Å². The number of hydrogen-bond acceptors (Lipinski definition) is 3. The van der Waals surface area contributed by atoms with E-state index >= 15 is 0 Å². The van der Waals surface area contributed by atoms with Gasteiger partial charge in [-0.25, -0.2) is 0 Å². The van der Waals surface area contributed by atoms with Crippen LogP contribution in [0.25, 0.3) is 0 Å². The van der Waals surface area contributed by atoms with Crippen LogP contribution in [0.1, 0.15) is 35.7 Å². The highest BCUT2D eigenvalue weighted by molar-refractivity contribution is 7.86. The maximum atomic E-state index is 12.5. The van der Waals surface area contributed by atoms with Crippen molar-refractivity contribution in [2.45, 2.75) is 31.2 Å². The fourth-order valence-electron chi connectivity index (χ4n) is 2.88. The largest absolute Gasteiger partial charge is 0.352 e. The van der Waals surface area contributed by atoms with Crippen LogP contribution in [0.4, 0.5) is 5.69 Å². The number of rotatable bonds is 6. The first-order valence-corrected chi connectivity index (χ1v) is 10.1. The van der Waals surface area contributed by atoms with Crippen LogP contribution in [0.15, 0.2) is 53.4 Å². The van der Waals surface area contributed by atoms with E-state index in [4.69, 9.17) is 0 Å². The van der Waals surface area contributed by atoms with Crippen molar-refractivity contribution < 1.29 is 13.8 Å². The maximum absolute atomic E-state index is 12.5. The van der Waals surface area contributed by atoms with Gasteiger partial charge in [0.1, 0.15) is 5.75 Å². The molecule has 1 atom stereocenters. The molecule has 0 unspecified atom stereocenters. The highest BCUT2D eigenvalue weighted by Gasteiger charge is 2.30. The molecule has 1 heterocycles. The zero-order chi connectivity index (χ0) is 18.5. The Morgan fingerprint density at radius 1 is 1.19 bits per heavy atom. The van der Waals surface area contributed by atoms with E-state index in [1.807, 2.05) is 30.3 Å². The Morgan fingerprint density at radius 3 is 2.69 bits per heavy atom.